The summed E-state index contributed by atoms with van der Waals surface area (Å²) in [7, 11) is 0. The number of hydrogen-bond acceptors (Lipinski definition) is 4. The van der Waals surface area contributed by atoms with Gasteiger partial charge in [-0.25, -0.2) is 0 Å². The molecule has 0 atom stereocenters. The Morgan fingerprint density at radius 3 is 2.19 bits per heavy atom. The highest BCUT2D eigenvalue weighted by Crippen LogP contribution is 2.22. The first-order valence-corrected chi connectivity index (χ1v) is 10.8. The zero-order chi connectivity index (χ0) is 22.6. The molecule has 3 rings (SSSR count). The van der Waals surface area contributed by atoms with Gasteiger partial charge in [0.05, 0.1) is 16.8 Å². The van der Waals surface area contributed by atoms with Gasteiger partial charge < -0.3 is 20.1 Å². The normalized spacial score (nSPS) is 10.3. The van der Waals surface area contributed by atoms with E-state index in [1.54, 1.807) is 48.5 Å². The van der Waals surface area contributed by atoms with Gasteiger partial charge in [0.25, 0.3) is 11.8 Å². The Kier molecular flexibility index (Phi) is 8.69. The van der Waals surface area contributed by atoms with Crippen LogP contribution in [0.5, 0.6) is 11.5 Å². The second kappa shape index (κ2) is 12.2. The standard InChI is InChI=1S/C26H28N2O4/c1-2-3-17-27-25(29)21-13-7-9-15-23(21)28-26(30)22-14-8-10-16-24(22)32-19-18-31-20-11-5-4-6-12-20/h4-16H,2-3,17-19H2,1H3,(H,27,29)(H,28,30). The third kappa shape index (κ3) is 6.60. The Bertz CT molecular complexity index is 1020. The van der Waals surface area contributed by atoms with Crippen molar-refractivity contribution in [1.29, 1.82) is 0 Å². The topological polar surface area (TPSA) is 76.7 Å². The maximum absolute atomic E-state index is 13.0. The summed E-state index contributed by atoms with van der Waals surface area (Å²) in [6, 6.07) is 23.4. The van der Waals surface area contributed by atoms with Gasteiger partial charge in [-0.05, 0) is 42.8 Å². The molecule has 3 aromatic carbocycles. The smallest absolute Gasteiger partial charge is 0.259 e. The molecule has 2 N–H and O–H groups in total. The van der Waals surface area contributed by atoms with E-state index in [4.69, 9.17) is 9.47 Å². The van der Waals surface area contributed by atoms with Gasteiger partial charge in [-0.3, -0.25) is 9.59 Å². The summed E-state index contributed by atoms with van der Waals surface area (Å²) in [5.74, 6) is 0.651. The molecule has 0 unspecified atom stereocenters. The lowest BCUT2D eigenvalue weighted by Crippen LogP contribution is -2.26. The van der Waals surface area contributed by atoms with E-state index >= 15 is 0 Å². The van der Waals surface area contributed by atoms with Crippen molar-refractivity contribution in [2.24, 2.45) is 0 Å². The zero-order valence-electron chi connectivity index (χ0n) is 18.2. The van der Waals surface area contributed by atoms with Gasteiger partial charge in [0.15, 0.2) is 0 Å². The number of nitrogens with one attached hydrogen (secondary N) is 2. The molecule has 0 saturated carbocycles. The molecule has 6 nitrogen and oxygen atoms in total. The van der Waals surface area contributed by atoms with Gasteiger partial charge >= 0.3 is 0 Å². The van der Waals surface area contributed by atoms with Crippen LogP contribution in [0.2, 0.25) is 0 Å². The number of rotatable bonds is 11. The highest BCUT2D eigenvalue weighted by molar-refractivity contribution is 6.10. The molecule has 0 saturated heterocycles. The lowest BCUT2D eigenvalue weighted by Gasteiger charge is -2.14. The maximum atomic E-state index is 13.0. The van der Waals surface area contributed by atoms with Crippen LogP contribution in [0.3, 0.4) is 0 Å². The minimum Gasteiger partial charge on any atom is -0.490 e. The van der Waals surface area contributed by atoms with Crippen molar-refractivity contribution in [1.82, 2.24) is 5.32 Å². The fourth-order valence-corrected chi connectivity index (χ4v) is 3.06. The quantitative estimate of drug-likeness (QED) is 0.422. The molecule has 6 heteroatoms. The predicted octanol–water partition coefficient (Wildman–Crippen LogP) is 4.93. The second-order valence-electron chi connectivity index (χ2n) is 7.12. The molecule has 0 spiro atoms. The fraction of sp³-hybridized carbons (Fsp3) is 0.231. The maximum Gasteiger partial charge on any atom is 0.259 e. The number of hydrogen-bond donors (Lipinski definition) is 2. The third-order valence-electron chi connectivity index (χ3n) is 4.72. The zero-order valence-corrected chi connectivity index (χ0v) is 18.2. The van der Waals surface area contributed by atoms with E-state index in [1.165, 1.54) is 0 Å². The molecular formula is C26H28N2O4. The minimum absolute atomic E-state index is 0.211. The lowest BCUT2D eigenvalue weighted by atomic mass is 10.1. The number of anilines is 1. The molecule has 0 bridgehead atoms. The molecule has 0 aromatic heterocycles. The molecule has 0 fully saturated rings. The second-order valence-corrected chi connectivity index (χ2v) is 7.12. The van der Waals surface area contributed by atoms with E-state index in [0.29, 0.717) is 35.7 Å². The van der Waals surface area contributed by atoms with Crippen LogP contribution in [0.15, 0.2) is 78.9 Å². The summed E-state index contributed by atoms with van der Waals surface area (Å²) >= 11 is 0. The average Bonchev–Trinajstić information content (AvgIpc) is 2.83. The summed E-state index contributed by atoms with van der Waals surface area (Å²) in [6.45, 7) is 3.29. The highest BCUT2D eigenvalue weighted by atomic mass is 16.5. The van der Waals surface area contributed by atoms with Crippen molar-refractivity contribution in [2.75, 3.05) is 25.1 Å². The predicted molar refractivity (Wildman–Crippen MR) is 126 cm³/mol. The Morgan fingerprint density at radius 2 is 1.41 bits per heavy atom. The summed E-state index contributed by atoms with van der Waals surface area (Å²) in [5.41, 5.74) is 1.26. The molecule has 0 aliphatic rings. The number of amides is 2. The van der Waals surface area contributed by atoms with Gasteiger partial charge in [0.1, 0.15) is 24.7 Å². The van der Waals surface area contributed by atoms with Crippen LogP contribution in [-0.4, -0.2) is 31.6 Å². The van der Waals surface area contributed by atoms with Crippen LogP contribution in [0.4, 0.5) is 5.69 Å². The van der Waals surface area contributed by atoms with E-state index < -0.39 is 0 Å². The molecule has 0 heterocycles. The van der Waals surface area contributed by atoms with Gasteiger partial charge in [-0.2, -0.15) is 0 Å². The summed E-state index contributed by atoms with van der Waals surface area (Å²) in [6.07, 6.45) is 1.89. The first-order chi connectivity index (χ1) is 15.7. The Hall–Kier alpha value is -3.80. The van der Waals surface area contributed by atoms with Crippen molar-refractivity contribution < 1.29 is 19.1 Å². The van der Waals surface area contributed by atoms with Crippen molar-refractivity contribution in [3.63, 3.8) is 0 Å². The Morgan fingerprint density at radius 1 is 0.750 bits per heavy atom. The van der Waals surface area contributed by atoms with Crippen molar-refractivity contribution in [2.45, 2.75) is 19.8 Å². The van der Waals surface area contributed by atoms with E-state index in [2.05, 4.69) is 17.6 Å². The van der Waals surface area contributed by atoms with Crippen LogP contribution >= 0.6 is 0 Å². The Labute approximate surface area is 188 Å². The van der Waals surface area contributed by atoms with Crippen molar-refractivity contribution in [3.05, 3.63) is 90.0 Å². The van der Waals surface area contributed by atoms with Gasteiger partial charge in [0.2, 0.25) is 0 Å². The van der Waals surface area contributed by atoms with Crippen molar-refractivity contribution in [3.8, 4) is 11.5 Å². The molecule has 2 amide bonds. The van der Waals surface area contributed by atoms with Gasteiger partial charge in [-0.15, -0.1) is 0 Å². The van der Waals surface area contributed by atoms with Crippen LogP contribution < -0.4 is 20.1 Å². The molecular weight excluding hydrogens is 404 g/mol. The van der Waals surface area contributed by atoms with E-state index in [1.807, 2.05) is 30.3 Å². The lowest BCUT2D eigenvalue weighted by molar-refractivity contribution is 0.0954. The number of ether oxygens (including phenoxy) is 2. The number of carbonyl (C=O) groups excluding carboxylic acids is 2. The van der Waals surface area contributed by atoms with Crippen LogP contribution in [0, 0.1) is 0 Å². The molecule has 3 aromatic rings. The highest BCUT2D eigenvalue weighted by Gasteiger charge is 2.16. The minimum atomic E-state index is -0.349. The first kappa shape index (κ1) is 22.9. The number of benzene rings is 3. The van der Waals surface area contributed by atoms with Gasteiger partial charge in [-0.1, -0.05) is 55.8 Å². The molecule has 32 heavy (non-hydrogen) atoms. The molecule has 0 aliphatic heterocycles. The number of para-hydroxylation sites is 3. The number of unbranched alkanes of at least 4 members (excludes halogenated alkanes) is 1. The summed E-state index contributed by atoms with van der Waals surface area (Å²) < 4.78 is 11.4. The summed E-state index contributed by atoms with van der Waals surface area (Å²) in [4.78, 5) is 25.5. The van der Waals surface area contributed by atoms with E-state index in [9.17, 15) is 9.59 Å². The van der Waals surface area contributed by atoms with Gasteiger partial charge in [0, 0.05) is 6.54 Å². The monoisotopic (exact) mass is 432 g/mol. The van der Waals surface area contributed by atoms with Crippen molar-refractivity contribution >= 4 is 17.5 Å². The van der Waals surface area contributed by atoms with Crippen LogP contribution in [-0.2, 0) is 0 Å². The SMILES string of the molecule is CCCCNC(=O)c1ccccc1NC(=O)c1ccccc1OCCOc1ccccc1. The molecule has 166 valence electrons. The average molecular weight is 433 g/mol. The third-order valence-corrected chi connectivity index (χ3v) is 4.72. The summed E-state index contributed by atoms with van der Waals surface area (Å²) in [5, 5.41) is 5.73. The van der Waals surface area contributed by atoms with Crippen LogP contribution in [0.1, 0.15) is 40.5 Å². The number of carbonyl (C=O) groups is 2. The van der Waals surface area contributed by atoms with E-state index in [0.717, 1.165) is 18.6 Å². The first-order valence-electron chi connectivity index (χ1n) is 10.8. The Balaban J connectivity index is 1.63. The largest absolute Gasteiger partial charge is 0.490 e. The van der Waals surface area contributed by atoms with E-state index in [-0.39, 0.29) is 18.4 Å². The van der Waals surface area contributed by atoms with Crippen LogP contribution in [0.25, 0.3) is 0 Å². The fourth-order valence-electron chi connectivity index (χ4n) is 3.06. The molecule has 0 radical (unpaired) electrons. The molecule has 0 aliphatic carbocycles.